The van der Waals surface area contributed by atoms with E-state index in [9.17, 15) is 10.2 Å². The number of hydrazone groups is 1. The van der Waals surface area contributed by atoms with E-state index in [1.807, 2.05) is 24.3 Å². The summed E-state index contributed by atoms with van der Waals surface area (Å²) < 4.78 is 0. The summed E-state index contributed by atoms with van der Waals surface area (Å²) in [6, 6.07) is 12.3. The number of fused-ring (bicyclic) bond motifs is 1. The predicted octanol–water partition coefficient (Wildman–Crippen LogP) is 2.49. The van der Waals surface area contributed by atoms with Crippen LogP contribution in [0.3, 0.4) is 0 Å². The Morgan fingerprint density at radius 2 is 1.90 bits per heavy atom. The minimum Gasteiger partial charge on any atom is -0.504 e. The van der Waals surface area contributed by atoms with Crippen LogP contribution in [0.2, 0.25) is 0 Å². The first-order valence-electron chi connectivity index (χ1n) is 6.26. The Labute approximate surface area is 120 Å². The second-order valence-corrected chi connectivity index (χ2v) is 4.37. The zero-order chi connectivity index (χ0) is 14.7. The van der Waals surface area contributed by atoms with E-state index in [-0.39, 0.29) is 11.5 Å². The Kier molecular flexibility index (Phi) is 3.34. The highest BCUT2D eigenvalue weighted by Gasteiger charge is 2.04. The quantitative estimate of drug-likeness (QED) is 0.389. The number of aromatic nitrogens is 2. The Hall–Kier alpha value is -3.15. The van der Waals surface area contributed by atoms with E-state index in [4.69, 9.17) is 0 Å². The molecule has 6 nitrogen and oxygen atoms in total. The molecule has 1 aromatic heterocycles. The smallest absolute Gasteiger partial charge is 0.176 e. The summed E-state index contributed by atoms with van der Waals surface area (Å²) in [4.78, 5) is 0. The number of rotatable bonds is 3. The highest BCUT2D eigenvalue weighted by Crippen LogP contribution is 2.26. The zero-order valence-corrected chi connectivity index (χ0v) is 10.9. The molecule has 0 unspecified atom stereocenters. The summed E-state index contributed by atoms with van der Waals surface area (Å²) in [5.74, 6) is 0.111. The van der Waals surface area contributed by atoms with Crippen LogP contribution in [0.1, 0.15) is 5.56 Å². The number of nitrogens with one attached hydrogen (secondary N) is 1. The highest BCUT2D eigenvalue weighted by atomic mass is 16.3. The number of aromatic hydroxyl groups is 2. The molecule has 0 saturated heterocycles. The van der Waals surface area contributed by atoms with Crippen LogP contribution in [0.25, 0.3) is 10.8 Å². The van der Waals surface area contributed by atoms with E-state index in [0.717, 1.165) is 10.8 Å². The van der Waals surface area contributed by atoms with Crippen molar-refractivity contribution < 1.29 is 10.2 Å². The normalized spacial score (nSPS) is 11.0. The van der Waals surface area contributed by atoms with Gasteiger partial charge < -0.3 is 10.2 Å². The van der Waals surface area contributed by atoms with E-state index in [2.05, 4.69) is 20.7 Å². The molecular weight excluding hydrogens is 268 g/mol. The van der Waals surface area contributed by atoms with Gasteiger partial charge in [0.2, 0.25) is 0 Å². The molecule has 0 aliphatic carbocycles. The van der Waals surface area contributed by atoms with E-state index >= 15 is 0 Å². The van der Waals surface area contributed by atoms with Gasteiger partial charge in [-0.25, -0.2) is 0 Å². The molecule has 2 aromatic carbocycles. The second kappa shape index (κ2) is 5.46. The number of phenols is 2. The molecule has 0 bridgehead atoms. The van der Waals surface area contributed by atoms with Crippen molar-refractivity contribution >= 4 is 22.8 Å². The first-order valence-corrected chi connectivity index (χ1v) is 6.26. The number of para-hydroxylation sites is 1. The molecule has 0 saturated carbocycles. The van der Waals surface area contributed by atoms with Crippen molar-refractivity contribution in [3.05, 3.63) is 54.2 Å². The molecule has 0 radical (unpaired) electrons. The number of benzene rings is 2. The van der Waals surface area contributed by atoms with Gasteiger partial charge in [0.15, 0.2) is 17.3 Å². The van der Waals surface area contributed by atoms with Gasteiger partial charge >= 0.3 is 0 Å². The van der Waals surface area contributed by atoms with Gasteiger partial charge in [0.1, 0.15) is 0 Å². The molecule has 3 N–H and O–H groups in total. The molecule has 6 heteroatoms. The molecule has 0 spiro atoms. The van der Waals surface area contributed by atoms with Crippen LogP contribution in [0.4, 0.5) is 5.82 Å². The van der Waals surface area contributed by atoms with Crippen LogP contribution < -0.4 is 5.43 Å². The second-order valence-electron chi connectivity index (χ2n) is 4.37. The van der Waals surface area contributed by atoms with Crippen LogP contribution >= 0.6 is 0 Å². The van der Waals surface area contributed by atoms with Gasteiger partial charge in [-0.05, 0) is 12.1 Å². The minimum absolute atomic E-state index is 0.191. The van der Waals surface area contributed by atoms with Gasteiger partial charge in [-0.2, -0.15) is 10.2 Å². The van der Waals surface area contributed by atoms with Gasteiger partial charge in [-0.3, -0.25) is 5.43 Å². The Morgan fingerprint density at radius 3 is 2.81 bits per heavy atom. The van der Waals surface area contributed by atoms with E-state index < -0.39 is 0 Å². The molecule has 1 heterocycles. The topological polar surface area (TPSA) is 90.6 Å². The van der Waals surface area contributed by atoms with Gasteiger partial charge in [-0.1, -0.05) is 30.3 Å². The molecule has 3 rings (SSSR count). The van der Waals surface area contributed by atoms with Crippen molar-refractivity contribution in [2.45, 2.75) is 0 Å². The van der Waals surface area contributed by atoms with E-state index in [1.54, 1.807) is 18.3 Å². The third-order valence-electron chi connectivity index (χ3n) is 2.99. The summed E-state index contributed by atoms with van der Waals surface area (Å²) in [5, 5.41) is 32.8. The molecule has 0 fully saturated rings. The monoisotopic (exact) mass is 280 g/mol. The summed E-state index contributed by atoms with van der Waals surface area (Å²) in [7, 11) is 0. The first-order chi connectivity index (χ1) is 10.3. The Morgan fingerprint density at radius 1 is 1.05 bits per heavy atom. The number of phenolic OH excluding ortho intramolecular Hbond substituents is 2. The maximum Gasteiger partial charge on any atom is 0.176 e. The fourth-order valence-corrected chi connectivity index (χ4v) is 1.93. The van der Waals surface area contributed by atoms with Crippen molar-refractivity contribution in [3.8, 4) is 11.5 Å². The molecule has 0 aliphatic rings. The third-order valence-corrected chi connectivity index (χ3v) is 2.99. The summed E-state index contributed by atoms with van der Waals surface area (Å²) in [6.07, 6.45) is 3.07. The van der Waals surface area contributed by atoms with Gasteiger partial charge in [0, 0.05) is 16.3 Å². The van der Waals surface area contributed by atoms with Crippen LogP contribution in [0, 0.1) is 0 Å². The molecule has 3 aromatic rings. The van der Waals surface area contributed by atoms with Crippen LogP contribution in [-0.2, 0) is 0 Å². The number of anilines is 1. The van der Waals surface area contributed by atoms with Crippen LogP contribution in [0.5, 0.6) is 11.5 Å². The molecule has 21 heavy (non-hydrogen) atoms. The Balaban J connectivity index is 1.86. The predicted molar refractivity (Wildman–Crippen MR) is 80.5 cm³/mol. The average molecular weight is 280 g/mol. The number of hydrogen-bond acceptors (Lipinski definition) is 6. The highest BCUT2D eigenvalue weighted by molar-refractivity contribution is 5.91. The summed E-state index contributed by atoms with van der Waals surface area (Å²) in [5.41, 5.74) is 3.18. The molecule has 104 valence electrons. The summed E-state index contributed by atoms with van der Waals surface area (Å²) in [6.45, 7) is 0. The van der Waals surface area contributed by atoms with Crippen molar-refractivity contribution in [2.24, 2.45) is 5.10 Å². The van der Waals surface area contributed by atoms with Crippen LogP contribution in [-0.4, -0.2) is 26.6 Å². The molecule has 0 amide bonds. The standard InChI is InChI=1S/C15H12N4O2/c20-13-7-3-5-11(14(13)21)9-17-19-15-12-6-2-1-4-10(12)8-16-18-15/h1-9,20-21H,(H,18,19)/b17-9-. The maximum atomic E-state index is 9.67. The minimum atomic E-state index is -0.216. The van der Waals surface area contributed by atoms with Gasteiger partial charge in [0.05, 0.1) is 12.4 Å². The lowest BCUT2D eigenvalue weighted by Gasteiger charge is -2.03. The summed E-state index contributed by atoms with van der Waals surface area (Å²) >= 11 is 0. The largest absolute Gasteiger partial charge is 0.504 e. The SMILES string of the molecule is Oc1cccc(/C=N\Nc2nncc3ccccc23)c1O. The van der Waals surface area contributed by atoms with Crippen molar-refractivity contribution in [1.82, 2.24) is 10.2 Å². The molecule has 0 aliphatic heterocycles. The fourth-order valence-electron chi connectivity index (χ4n) is 1.93. The Bertz CT molecular complexity index is 812. The zero-order valence-electron chi connectivity index (χ0n) is 10.9. The maximum absolute atomic E-state index is 9.67. The van der Waals surface area contributed by atoms with Crippen molar-refractivity contribution in [3.63, 3.8) is 0 Å². The molecule has 0 atom stereocenters. The number of nitrogens with zero attached hydrogens (tertiary/aromatic N) is 3. The number of hydrogen-bond donors (Lipinski definition) is 3. The first kappa shape index (κ1) is 12.9. The lowest BCUT2D eigenvalue weighted by molar-refractivity contribution is 0.403. The third kappa shape index (κ3) is 2.59. The van der Waals surface area contributed by atoms with E-state index in [0.29, 0.717) is 11.4 Å². The van der Waals surface area contributed by atoms with Crippen molar-refractivity contribution in [2.75, 3.05) is 5.43 Å². The molecular formula is C15H12N4O2. The average Bonchev–Trinajstić information content (AvgIpc) is 2.52. The van der Waals surface area contributed by atoms with Gasteiger partial charge in [0.25, 0.3) is 0 Å². The van der Waals surface area contributed by atoms with Crippen LogP contribution in [0.15, 0.2) is 53.8 Å². The van der Waals surface area contributed by atoms with Crippen molar-refractivity contribution in [1.29, 1.82) is 0 Å². The fraction of sp³-hybridized carbons (Fsp3) is 0. The lowest BCUT2D eigenvalue weighted by Crippen LogP contribution is -1.96. The van der Waals surface area contributed by atoms with Gasteiger partial charge in [-0.15, -0.1) is 5.10 Å². The van der Waals surface area contributed by atoms with E-state index in [1.165, 1.54) is 12.3 Å². The lowest BCUT2D eigenvalue weighted by atomic mass is 10.2.